The maximum atomic E-state index is 13.6. The van der Waals surface area contributed by atoms with Crippen LogP contribution in [-0.2, 0) is 6.42 Å². The van der Waals surface area contributed by atoms with Crippen LogP contribution >= 0.6 is 11.3 Å². The van der Waals surface area contributed by atoms with E-state index in [2.05, 4.69) is 10.2 Å². The Kier molecular flexibility index (Phi) is 4.82. The Balaban J connectivity index is 1.78. The lowest BCUT2D eigenvalue weighted by atomic mass is 9.97. The summed E-state index contributed by atoms with van der Waals surface area (Å²) in [5, 5.41) is 20.9. The first-order valence-electron chi connectivity index (χ1n) is 10.3. The number of nitrogens with zero attached hydrogens (tertiary/aromatic N) is 4. The highest BCUT2D eigenvalue weighted by Gasteiger charge is 2.45. The number of fused-ring (bicyclic) bond motifs is 2. The van der Waals surface area contributed by atoms with E-state index in [9.17, 15) is 19.7 Å². The molecule has 0 saturated carbocycles. The van der Waals surface area contributed by atoms with Gasteiger partial charge in [0.25, 0.3) is 11.6 Å². The minimum atomic E-state index is -0.840. The van der Waals surface area contributed by atoms with Gasteiger partial charge in [-0.2, -0.15) is 0 Å². The topological polar surface area (TPSA) is 119 Å². The number of rotatable bonds is 4. The van der Waals surface area contributed by atoms with Gasteiger partial charge in [0, 0.05) is 12.1 Å². The number of benzene rings is 2. The molecule has 1 unspecified atom stereocenters. The molecule has 4 aromatic rings. The first-order chi connectivity index (χ1) is 15.8. The molecule has 1 aliphatic heterocycles. The molecule has 33 heavy (non-hydrogen) atoms. The third-order valence-electron chi connectivity index (χ3n) is 5.87. The zero-order valence-electron chi connectivity index (χ0n) is 18.0. The van der Waals surface area contributed by atoms with E-state index in [-0.39, 0.29) is 22.4 Å². The van der Waals surface area contributed by atoms with Crippen molar-refractivity contribution in [2.24, 2.45) is 0 Å². The Morgan fingerprint density at radius 1 is 1.12 bits per heavy atom. The van der Waals surface area contributed by atoms with Crippen molar-refractivity contribution in [3.63, 3.8) is 0 Å². The molecule has 0 fully saturated rings. The van der Waals surface area contributed by atoms with Crippen LogP contribution < -0.4 is 10.3 Å². The van der Waals surface area contributed by atoms with Crippen LogP contribution in [0.25, 0.3) is 11.0 Å². The molecular weight excluding hydrogens is 444 g/mol. The Morgan fingerprint density at radius 2 is 1.82 bits per heavy atom. The first kappa shape index (κ1) is 21.0. The lowest BCUT2D eigenvalue weighted by molar-refractivity contribution is -0.384. The van der Waals surface area contributed by atoms with Gasteiger partial charge in [-0.25, -0.2) is 0 Å². The summed E-state index contributed by atoms with van der Waals surface area (Å²) in [7, 11) is 0. The first-order valence-corrected chi connectivity index (χ1v) is 11.1. The minimum absolute atomic E-state index is 0.0487. The van der Waals surface area contributed by atoms with E-state index in [1.165, 1.54) is 28.4 Å². The second-order valence-corrected chi connectivity index (χ2v) is 8.91. The maximum absolute atomic E-state index is 13.6. The van der Waals surface area contributed by atoms with Gasteiger partial charge in [0.15, 0.2) is 5.43 Å². The number of anilines is 1. The number of aryl methyl sites for hydroxylation is 3. The number of hydrogen-bond acceptors (Lipinski definition) is 8. The molecule has 2 aromatic carbocycles. The van der Waals surface area contributed by atoms with Crippen molar-refractivity contribution >= 4 is 39.0 Å². The van der Waals surface area contributed by atoms with E-state index in [1.54, 1.807) is 24.3 Å². The fourth-order valence-corrected chi connectivity index (χ4v) is 4.81. The van der Waals surface area contributed by atoms with Gasteiger partial charge in [0.2, 0.25) is 10.9 Å². The number of hydrogen-bond donors (Lipinski definition) is 0. The van der Waals surface area contributed by atoms with Gasteiger partial charge in [-0.1, -0.05) is 18.3 Å². The number of nitro groups is 1. The third kappa shape index (κ3) is 3.21. The molecule has 0 N–H and O–H groups in total. The van der Waals surface area contributed by atoms with Crippen LogP contribution in [0.1, 0.15) is 50.8 Å². The summed E-state index contributed by atoms with van der Waals surface area (Å²) in [6.07, 6.45) is 0.647. The summed E-state index contributed by atoms with van der Waals surface area (Å²) in [5.74, 6) is -0.545. The number of carbonyl (C=O) groups excluding carboxylic acids is 1. The fraction of sp³-hybridized carbons (Fsp3) is 0.217. The van der Waals surface area contributed by atoms with E-state index >= 15 is 0 Å². The van der Waals surface area contributed by atoms with Gasteiger partial charge < -0.3 is 4.42 Å². The molecule has 0 aliphatic carbocycles. The highest BCUT2D eigenvalue weighted by molar-refractivity contribution is 7.15. The zero-order valence-corrected chi connectivity index (χ0v) is 18.8. The smallest absolute Gasteiger partial charge is 0.297 e. The summed E-state index contributed by atoms with van der Waals surface area (Å²) in [5.41, 5.74) is 2.54. The lowest BCUT2D eigenvalue weighted by Crippen LogP contribution is -2.29. The van der Waals surface area contributed by atoms with Crippen LogP contribution in [-0.4, -0.2) is 21.0 Å². The molecule has 0 spiro atoms. The van der Waals surface area contributed by atoms with E-state index in [0.717, 1.165) is 16.1 Å². The van der Waals surface area contributed by atoms with Crippen molar-refractivity contribution in [3.8, 4) is 0 Å². The molecule has 1 aliphatic rings. The molecule has 166 valence electrons. The number of non-ortho nitro benzene ring substituents is 1. The van der Waals surface area contributed by atoms with E-state index in [4.69, 9.17) is 4.42 Å². The molecule has 0 saturated heterocycles. The highest BCUT2D eigenvalue weighted by atomic mass is 32.1. The van der Waals surface area contributed by atoms with Crippen LogP contribution in [0.15, 0.2) is 45.6 Å². The largest absolute Gasteiger partial charge is 0.450 e. The van der Waals surface area contributed by atoms with Crippen LogP contribution in [0.2, 0.25) is 0 Å². The third-order valence-corrected chi connectivity index (χ3v) is 6.94. The second-order valence-electron chi connectivity index (χ2n) is 7.86. The molecule has 3 heterocycles. The van der Waals surface area contributed by atoms with Crippen LogP contribution in [0.4, 0.5) is 10.8 Å². The lowest BCUT2D eigenvalue weighted by Gasteiger charge is -2.21. The summed E-state index contributed by atoms with van der Waals surface area (Å²) in [4.78, 5) is 39.2. The van der Waals surface area contributed by atoms with Crippen molar-refractivity contribution in [2.75, 3.05) is 4.90 Å². The maximum Gasteiger partial charge on any atom is 0.297 e. The molecule has 1 atom stereocenters. The second kappa shape index (κ2) is 7.59. The SMILES string of the molecule is CCc1nnc(N2C(=O)c3oc4cc(C)c(C)cc4c(=O)c3C2c2ccc([N+](=O)[O-])cc2)s1. The van der Waals surface area contributed by atoms with E-state index in [0.29, 0.717) is 28.1 Å². The van der Waals surface area contributed by atoms with Gasteiger partial charge in [0.05, 0.1) is 21.9 Å². The molecule has 9 nitrogen and oxygen atoms in total. The van der Waals surface area contributed by atoms with Gasteiger partial charge in [-0.3, -0.25) is 24.6 Å². The normalized spacial score (nSPS) is 15.3. The standard InChI is InChI=1S/C23H18N4O5S/c1-4-17-24-25-23(33-17)26-19(13-5-7-14(8-6-13)27(30)31)18-20(28)15-9-11(2)12(3)10-16(15)32-21(18)22(26)29/h5-10,19H,4H2,1-3H3. The number of amides is 1. The fourth-order valence-electron chi connectivity index (χ4n) is 4.00. The Hall–Kier alpha value is -3.92. The molecule has 5 rings (SSSR count). The van der Waals surface area contributed by atoms with Crippen molar-refractivity contribution in [3.05, 3.63) is 89.8 Å². The van der Waals surface area contributed by atoms with Crippen LogP contribution in [0.5, 0.6) is 0 Å². The number of nitro benzene ring substituents is 1. The molecule has 2 aromatic heterocycles. The Labute approximate surface area is 191 Å². The molecule has 1 amide bonds. The molecule has 10 heteroatoms. The van der Waals surface area contributed by atoms with Crippen LogP contribution in [0.3, 0.4) is 0 Å². The average molecular weight is 462 g/mol. The zero-order chi connectivity index (χ0) is 23.4. The highest BCUT2D eigenvalue weighted by Crippen LogP contribution is 2.42. The molecule has 0 radical (unpaired) electrons. The average Bonchev–Trinajstić information content (AvgIpc) is 3.38. The van der Waals surface area contributed by atoms with Crippen molar-refractivity contribution in [1.29, 1.82) is 0 Å². The van der Waals surface area contributed by atoms with E-state index < -0.39 is 16.9 Å². The van der Waals surface area contributed by atoms with Crippen molar-refractivity contribution < 1.29 is 14.1 Å². The van der Waals surface area contributed by atoms with Gasteiger partial charge in [-0.05, 0) is 61.2 Å². The van der Waals surface area contributed by atoms with Crippen molar-refractivity contribution in [2.45, 2.75) is 33.2 Å². The predicted molar refractivity (Wildman–Crippen MR) is 123 cm³/mol. The summed E-state index contributed by atoms with van der Waals surface area (Å²) in [6.45, 7) is 5.74. The summed E-state index contributed by atoms with van der Waals surface area (Å²) < 4.78 is 5.99. The van der Waals surface area contributed by atoms with Gasteiger partial charge in [-0.15, -0.1) is 10.2 Å². The number of aromatic nitrogens is 2. The summed E-state index contributed by atoms with van der Waals surface area (Å²) in [6, 6.07) is 8.47. The van der Waals surface area contributed by atoms with Gasteiger partial charge in [0.1, 0.15) is 10.6 Å². The van der Waals surface area contributed by atoms with Crippen LogP contribution in [0, 0.1) is 24.0 Å². The van der Waals surface area contributed by atoms with Crippen molar-refractivity contribution in [1.82, 2.24) is 10.2 Å². The van der Waals surface area contributed by atoms with E-state index in [1.807, 2.05) is 20.8 Å². The molecule has 0 bridgehead atoms. The predicted octanol–water partition coefficient (Wildman–Crippen LogP) is 4.48. The minimum Gasteiger partial charge on any atom is -0.450 e. The molecular formula is C23H18N4O5S. The number of carbonyl (C=O) groups is 1. The Morgan fingerprint density at radius 3 is 2.45 bits per heavy atom. The quantitative estimate of drug-likeness (QED) is 0.324. The Bertz CT molecular complexity index is 1510. The van der Waals surface area contributed by atoms with Gasteiger partial charge >= 0.3 is 0 Å². The summed E-state index contributed by atoms with van der Waals surface area (Å²) >= 11 is 1.26. The monoisotopic (exact) mass is 462 g/mol.